The molecule has 2 atom stereocenters. The van der Waals surface area contributed by atoms with Crippen LogP contribution in [0.1, 0.15) is 25.7 Å². The molecule has 7 heteroatoms. The van der Waals surface area contributed by atoms with Gasteiger partial charge in [-0.1, -0.05) is 12.1 Å². The van der Waals surface area contributed by atoms with Gasteiger partial charge in [0.1, 0.15) is 11.9 Å². The van der Waals surface area contributed by atoms with Crippen molar-refractivity contribution in [2.75, 3.05) is 7.11 Å². The van der Waals surface area contributed by atoms with Crippen molar-refractivity contribution in [3.05, 3.63) is 48.7 Å². The van der Waals surface area contributed by atoms with E-state index in [0.29, 0.717) is 24.5 Å². The lowest BCUT2D eigenvalue weighted by Crippen LogP contribution is -2.49. The molecule has 0 N–H and O–H groups in total. The summed E-state index contributed by atoms with van der Waals surface area (Å²) in [4.78, 5) is 4.50. The summed E-state index contributed by atoms with van der Waals surface area (Å²) < 4.78 is 39.3. The predicted molar refractivity (Wildman–Crippen MR) is 96.7 cm³/mol. The molecule has 0 amide bonds. The first-order chi connectivity index (χ1) is 12.6. The predicted octanol–water partition coefficient (Wildman–Crippen LogP) is 2.85. The van der Waals surface area contributed by atoms with Crippen molar-refractivity contribution < 1.29 is 17.9 Å². The molecule has 1 aromatic carbocycles. The van der Waals surface area contributed by atoms with Gasteiger partial charge in [0.15, 0.2) is 0 Å². The molecule has 0 saturated carbocycles. The van der Waals surface area contributed by atoms with E-state index in [4.69, 9.17) is 9.47 Å². The summed E-state index contributed by atoms with van der Waals surface area (Å²) >= 11 is 0. The molecule has 6 nitrogen and oxygen atoms in total. The smallest absolute Gasteiger partial charge is 0.243 e. The van der Waals surface area contributed by atoms with Crippen LogP contribution in [0.3, 0.4) is 0 Å². The summed E-state index contributed by atoms with van der Waals surface area (Å²) in [6.07, 6.45) is 4.82. The van der Waals surface area contributed by atoms with Crippen LogP contribution in [-0.2, 0) is 10.0 Å². The molecule has 0 radical (unpaired) electrons. The Kier molecular flexibility index (Phi) is 4.58. The molecule has 4 rings (SSSR count). The number of fused-ring (bicyclic) bond motifs is 2. The highest BCUT2D eigenvalue weighted by Gasteiger charge is 2.48. The van der Waals surface area contributed by atoms with Crippen molar-refractivity contribution in [1.29, 1.82) is 0 Å². The summed E-state index contributed by atoms with van der Waals surface area (Å²) in [5, 5.41) is 0. The Morgan fingerprint density at radius 3 is 2.50 bits per heavy atom. The molecule has 138 valence electrons. The van der Waals surface area contributed by atoms with E-state index in [0.717, 1.165) is 12.8 Å². The fraction of sp³-hybridized carbons (Fsp3) is 0.421. The third-order valence-electron chi connectivity index (χ3n) is 5.16. The summed E-state index contributed by atoms with van der Waals surface area (Å²) in [6.45, 7) is 0. The maximum atomic E-state index is 13.2. The molecule has 2 aliphatic heterocycles. The Morgan fingerprint density at radius 2 is 1.85 bits per heavy atom. The van der Waals surface area contributed by atoms with E-state index in [1.807, 2.05) is 18.2 Å². The van der Waals surface area contributed by atoms with Crippen molar-refractivity contribution in [1.82, 2.24) is 9.29 Å². The molecule has 26 heavy (non-hydrogen) atoms. The molecule has 2 bridgehead atoms. The van der Waals surface area contributed by atoms with Crippen LogP contribution in [0.2, 0.25) is 0 Å². The maximum Gasteiger partial charge on any atom is 0.243 e. The van der Waals surface area contributed by atoms with Gasteiger partial charge in [0.05, 0.1) is 12.0 Å². The number of pyridine rings is 1. The van der Waals surface area contributed by atoms with Crippen LogP contribution in [0, 0.1) is 0 Å². The van der Waals surface area contributed by atoms with E-state index >= 15 is 0 Å². The number of sulfonamides is 1. The quantitative estimate of drug-likeness (QED) is 0.805. The number of aromatic nitrogens is 1. The van der Waals surface area contributed by atoms with Crippen molar-refractivity contribution in [2.45, 2.75) is 48.8 Å². The van der Waals surface area contributed by atoms with Gasteiger partial charge >= 0.3 is 0 Å². The Balaban J connectivity index is 1.54. The first kappa shape index (κ1) is 17.3. The monoisotopic (exact) mass is 374 g/mol. The molecule has 0 aliphatic carbocycles. The van der Waals surface area contributed by atoms with Gasteiger partial charge in [0.2, 0.25) is 15.9 Å². The van der Waals surface area contributed by atoms with Crippen LogP contribution in [0.15, 0.2) is 53.6 Å². The summed E-state index contributed by atoms with van der Waals surface area (Å²) in [5.74, 6) is 1.15. The highest BCUT2D eigenvalue weighted by molar-refractivity contribution is 7.89. The number of rotatable bonds is 5. The van der Waals surface area contributed by atoms with Crippen molar-refractivity contribution in [3.8, 4) is 11.6 Å². The number of hydrogen-bond donors (Lipinski definition) is 0. The van der Waals surface area contributed by atoms with Gasteiger partial charge in [-0.05, 0) is 31.0 Å². The molecule has 2 aliphatic rings. The Hall–Kier alpha value is -2.12. The van der Waals surface area contributed by atoms with Crippen LogP contribution in [-0.4, -0.2) is 43.0 Å². The number of hydrogen-bond acceptors (Lipinski definition) is 5. The SMILES string of the molecule is COc1cccc(S(=O)(=O)N2C3CCC2CC(Oc2ccccn2)C3)c1. The lowest BCUT2D eigenvalue weighted by atomic mass is 10.0. The second kappa shape index (κ2) is 6.89. The van der Waals surface area contributed by atoms with E-state index < -0.39 is 10.0 Å². The highest BCUT2D eigenvalue weighted by atomic mass is 32.2. The largest absolute Gasteiger partial charge is 0.497 e. The van der Waals surface area contributed by atoms with E-state index in [9.17, 15) is 8.42 Å². The van der Waals surface area contributed by atoms with Gasteiger partial charge in [-0.15, -0.1) is 0 Å². The van der Waals surface area contributed by atoms with Crippen molar-refractivity contribution in [3.63, 3.8) is 0 Å². The maximum absolute atomic E-state index is 13.2. The summed E-state index contributed by atoms with van der Waals surface area (Å²) in [7, 11) is -2.01. The summed E-state index contributed by atoms with van der Waals surface area (Å²) in [6, 6.07) is 12.2. The third-order valence-corrected chi connectivity index (χ3v) is 7.17. The molecule has 2 aromatic rings. The first-order valence-corrected chi connectivity index (χ1v) is 10.3. The van der Waals surface area contributed by atoms with Crippen LogP contribution in [0.5, 0.6) is 11.6 Å². The van der Waals surface area contributed by atoms with Crippen LogP contribution in [0.25, 0.3) is 0 Å². The van der Waals surface area contributed by atoms with Crippen molar-refractivity contribution in [2.24, 2.45) is 0 Å². The molecule has 2 saturated heterocycles. The summed E-state index contributed by atoms with van der Waals surface area (Å²) in [5.41, 5.74) is 0. The van der Waals surface area contributed by atoms with E-state index in [2.05, 4.69) is 4.98 Å². The lowest BCUT2D eigenvalue weighted by Gasteiger charge is -2.37. The van der Waals surface area contributed by atoms with Gasteiger partial charge in [0.25, 0.3) is 0 Å². The number of methoxy groups -OCH3 is 1. The third kappa shape index (κ3) is 3.17. The minimum Gasteiger partial charge on any atom is -0.497 e. The zero-order valence-corrected chi connectivity index (χ0v) is 15.4. The molecule has 0 spiro atoms. The molecule has 2 unspecified atom stereocenters. The van der Waals surface area contributed by atoms with Crippen LogP contribution >= 0.6 is 0 Å². The molecule has 2 fully saturated rings. The van der Waals surface area contributed by atoms with Crippen LogP contribution < -0.4 is 9.47 Å². The fourth-order valence-corrected chi connectivity index (χ4v) is 5.97. The number of ether oxygens (including phenoxy) is 2. The van der Waals surface area contributed by atoms with Gasteiger partial charge in [-0.3, -0.25) is 0 Å². The van der Waals surface area contributed by atoms with Gasteiger partial charge in [-0.25, -0.2) is 13.4 Å². The molecule has 3 heterocycles. The fourth-order valence-electron chi connectivity index (χ4n) is 4.04. The first-order valence-electron chi connectivity index (χ1n) is 8.83. The van der Waals surface area contributed by atoms with Crippen molar-refractivity contribution >= 4 is 10.0 Å². The topological polar surface area (TPSA) is 68.7 Å². The molecular formula is C19H22N2O4S. The Bertz CT molecular complexity index is 858. The highest BCUT2D eigenvalue weighted by Crippen LogP contribution is 2.41. The van der Waals surface area contributed by atoms with Gasteiger partial charge < -0.3 is 9.47 Å². The number of nitrogens with zero attached hydrogens (tertiary/aromatic N) is 2. The minimum atomic E-state index is -3.54. The second-order valence-electron chi connectivity index (χ2n) is 6.78. The van der Waals surface area contributed by atoms with Crippen LogP contribution in [0.4, 0.5) is 0 Å². The Labute approximate surface area is 153 Å². The Morgan fingerprint density at radius 1 is 1.08 bits per heavy atom. The standard InChI is InChI=1S/C19H22N2O4S/c1-24-16-5-4-6-18(13-16)26(22,23)21-14-8-9-15(21)12-17(11-14)25-19-7-2-3-10-20-19/h2-7,10,13-15,17H,8-9,11-12H2,1H3. The number of piperidine rings is 1. The van der Waals surface area contributed by atoms with E-state index in [1.54, 1.807) is 34.8 Å². The average molecular weight is 374 g/mol. The van der Waals surface area contributed by atoms with E-state index in [-0.39, 0.29) is 23.1 Å². The van der Waals surface area contributed by atoms with Gasteiger partial charge in [-0.2, -0.15) is 4.31 Å². The second-order valence-corrected chi connectivity index (χ2v) is 8.62. The molecule has 1 aromatic heterocycles. The zero-order valence-electron chi connectivity index (χ0n) is 14.6. The minimum absolute atomic E-state index is 0.000778. The lowest BCUT2D eigenvalue weighted by molar-refractivity contribution is 0.0918. The normalized spacial score (nSPS) is 25.8. The molecular weight excluding hydrogens is 352 g/mol. The average Bonchev–Trinajstić information content (AvgIpc) is 2.95. The number of benzene rings is 1. The van der Waals surface area contributed by atoms with Gasteiger partial charge in [0, 0.05) is 43.3 Å². The zero-order chi connectivity index (χ0) is 18.1. The van der Waals surface area contributed by atoms with E-state index in [1.165, 1.54) is 7.11 Å².